The largest absolute Gasteiger partial charge is 1.00 e. The number of hydrogen-bond donors (Lipinski definition) is 0. The Bertz CT molecular complexity index is 160. The normalized spacial score (nSPS) is 7.73. The van der Waals surface area contributed by atoms with Crippen molar-refractivity contribution in [2.24, 2.45) is 0 Å². The van der Waals surface area contributed by atoms with E-state index in [0.717, 1.165) is 6.92 Å². The molecule has 0 heterocycles. The van der Waals surface area contributed by atoms with Gasteiger partial charge in [0, 0.05) is 13.3 Å². The van der Waals surface area contributed by atoms with Crippen LogP contribution in [0, 0.1) is 0 Å². The summed E-state index contributed by atoms with van der Waals surface area (Å²) in [5.74, 6) is -1.30. The Balaban J connectivity index is -0.000000405. The second-order valence-electron chi connectivity index (χ2n) is 1.67. The maximum atomic E-state index is 10.4. The number of hydrogen-bond acceptors (Lipinski definition) is 4. The number of aldehydes is 1. The van der Waals surface area contributed by atoms with Gasteiger partial charge in [-0.05, 0) is 0 Å². The average Bonchev–Trinajstić information content (AvgIpc) is 1.82. The van der Waals surface area contributed by atoms with Gasteiger partial charge in [0.05, 0.1) is 6.42 Å². The van der Waals surface area contributed by atoms with E-state index >= 15 is 0 Å². The maximum absolute atomic E-state index is 10.4. The van der Waals surface area contributed by atoms with E-state index in [2.05, 4.69) is 4.74 Å². The molecule has 0 aromatic carbocycles. The Morgan fingerprint density at radius 2 is 2.09 bits per heavy atom. The first-order valence-electron chi connectivity index (χ1n) is 2.81. The Kier molecular flexibility index (Phi) is 9.64. The first-order valence-corrected chi connectivity index (χ1v) is 2.81. The molecule has 0 fully saturated rings. The molecule has 0 atom stereocenters. The summed E-state index contributed by atoms with van der Waals surface area (Å²) >= 11 is 0. The number of carbonyl (C=O) groups is 3. The van der Waals surface area contributed by atoms with Gasteiger partial charge in [-0.3, -0.25) is 9.59 Å². The minimum absolute atomic E-state index is 0. The van der Waals surface area contributed by atoms with Crippen molar-refractivity contribution in [3.05, 3.63) is 0 Å². The van der Waals surface area contributed by atoms with Gasteiger partial charge in [0.2, 0.25) is 0 Å². The van der Waals surface area contributed by atoms with Gasteiger partial charge >= 0.3 is 41.5 Å². The predicted octanol–water partition coefficient (Wildman–Crippen LogP) is -2.83. The molecule has 58 valence electrons. The summed E-state index contributed by atoms with van der Waals surface area (Å²) in [6.45, 7) is 1.14. The molecular weight excluding hydrogens is 159 g/mol. The van der Waals surface area contributed by atoms with E-state index in [1.807, 2.05) is 0 Å². The summed E-state index contributed by atoms with van der Waals surface area (Å²) in [6, 6.07) is 0. The third kappa shape index (κ3) is 9.81. The van der Waals surface area contributed by atoms with Crippen LogP contribution in [0.15, 0.2) is 0 Å². The number of ether oxygens (including phenoxy) is 1. The molecule has 0 saturated heterocycles. The molecular formula is C6H9NaO4. The van der Waals surface area contributed by atoms with E-state index in [9.17, 15) is 14.4 Å². The van der Waals surface area contributed by atoms with E-state index in [-0.39, 0.29) is 43.8 Å². The van der Waals surface area contributed by atoms with Crippen molar-refractivity contribution in [2.75, 3.05) is 0 Å². The molecule has 0 aliphatic heterocycles. The predicted molar refractivity (Wildman–Crippen MR) is 33.2 cm³/mol. The van der Waals surface area contributed by atoms with Crippen LogP contribution in [0.3, 0.4) is 0 Å². The van der Waals surface area contributed by atoms with Gasteiger partial charge in [-0.25, -0.2) is 0 Å². The van der Waals surface area contributed by atoms with Crippen molar-refractivity contribution in [3.63, 3.8) is 0 Å². The third-order valence-corrected chi connectivity index (χ3v) is 0.724. The van der Waals surface area contributed by atoms with Gasteiger partial charge in [0.15, 0.2) is 0 Å². The molecule has 0 aromatic heterocycles. The fraction of sp³-hybridized carbons (Fsp3) is 0.500. The zero-order valence-electron chi connectivity index (χ0n) is 7.62. The fourth-order valence-electron chi connectivity index (χ4n) is 0.388. The monoisotopic (exact) mass is 168 g/mol. The van der Waals surface area contributed by atoms with Gasteiger partial charge in [0.1, 0.15) is 6.29 Å². The molecule has 0 aromatic rings. The van der Waals surface area contributed by atoms with E-state index in [1.165, 1.54) is 0 Å². The summed E-state index contributed by atoms with van der Waals surface area (Å²) in [5, 5.41) is 0. The molecule has 5 heteroatoms. The van der Waals surface area contributed by atoms with Gasteiger partial charge < -0.3 is 11.0 Å². The maximum Gasteiger partial charge on any atom is 1.00 e. The Morgan fingerprint density at radius 1 is 1.55 bits per heavy atom. The van der Waals surface area contributed by atoms with Gasteiger partial charge in [-0.15, -0.1) is 0 Å². The summed E-state index contributed by atoms with van der Waals surface area (Å²) in [7, 11) is 0. The molecule has 0 unspecified atom stereocenters. The molecule has 0 spiro atoms. The third-order valence-electron chi connectivity index (χ3n) is 0.724. The van der Waals surface area contributed by atoms with Crippen LogP contribution in [0.5, 0.6) is 0 Å². The quantitative estimate of drug-likeness (QED) is 0.197. The van der Waals surface area contributed by atoms with Crippen molar-refractivity contribution in [1.29, 1.82) is 0 Å². The van der Waals surface area contributed by atoms with Crippen LogP contribution >= 0.6 is 0 Å². The molecule has 0 aliphatic rings. The molecule has 0 saturated carbocycles. The van der Waals surface area contributed by atoms with Crippen molar-refractivity contribution < 1.29 is 50.1 Å². The number of esters is 2. The summed E-state index contributed by atoms with van der Waals surface area (Å²) < 4.78 is 4.12. The van der Waals surface area contributed by atoms with Crippen LogP contribution < -0.4 is 29.6 Å². The van der Waals surface area contributed by atoms with Crippen LogP contribution in [0.25, 0.3) is 0 Å². The molecule has 0 N–H and O–H groups in total. The van der Waals surface area contributed by atoms with E-state index in [0.29, 0.717) is 6.29 Å². The average molecular weight is 168 g/mol. The zero-order valence-corrected chi connectivity index (χ0v) is 8.62. The first kappa shape index (κ1) is 13.4. The minimum Gasteiger partial charge on any atom is -1.00 e. The molecule has 4 nitrogen and oxygen atoms in total. The van der Waals surface area contributed by atoms with Crippen molar-refractivity contribution >= 4 is 18.2 Å². The Hall–Kier alpha value is -0.190. The number of carbonyl (C=O) groups excluding carboxylic acids is 3. The molecule has 0 amide bonds. The molecule has 0 aliphatic carbocycles. The van der Waals surface area contributed by atoms with Gasteiger partial charge in [-0.2, -0.15) is 0 Å². The molecule has 0 bridgehead atoms. The van der Waals surface area contributed by atoms with Crippen LogP contribution in [-0.2, 0) is 19.1 Å². The molecule has 0 radical (unpaired) electrons. The fourth-order valence-corrected chi connectivity index (χ4v) is 0.388. The van der Waals surface area contributed by atoms with Crippen LogP contribution in [0.2, 0.25) is 0 Å². The summed E-state index contributed by atoms with van der Waals surface area (Å²) in [4.78, 5) is 30.2. The Morgan fingerprint density at radius 3 is 2.45 bits per heavy atom. The van der Waals surface area contributed by atoms with Crippen molar-refractivity contribution in [2.45, 2.75) is 19.8 Å². The topological polar surface area (TPSA) is 60.4 Å². The summed E-state index contributed by atoms with van der Waals surface area (Å²) in [5.41, 5.74) is 0. The summed E-state index contributed by atoms with van der Waals surface area (Å²) in [6.07, 6.45) is 0.677. The van der Waals surface area contributed by atoms with E-state index in [1.54, 1.807) is 0 Å². The van der Waals surface area contributed by atoms with E-state index < -0.39 is 11.9 Å². The van der Waals surface area contributed by atoms with Crippen LogP contribution in [0.4, 0.5) is 0 Å². The molecule has 0 rings (SSSR count). The standard InChI is InChI=1S/C6H8O4.Na.H/c1-5(8)10-6(9)3-2-4-7;;/h4H,2-3H2,1H3;;/q;+1;-1. The van der Waals surface area contributed by atoms with Crippen molar-refractivity contribution in [3.8, 4) is 0 Å². The minimum atomic E-state index is -0.653. The Labute approximate surface area is 88.1 Å². The molecule has 11 heavy (non-hydrogen) atoms. The zero-order chi connectivity index (χ0) is 7.98. The second kappa shape index (κ2) is 7.91. The van der Waals surface area contributed by atoms with E-state index in [4.69, 9.17) is 0 Å². The second-order valence-corrected chi connectivity index (χ2v) is 1.67. The first-order chi connectivity index (χ1) is 4.66. The smallest absolute Gasteiger partial charge is 1.00 e. The van der Waals surface area contributed by atoms with Crippen LogP contribution in [-0.4, -0.2) is 18.2 Å². The van der Waals surface area contributed by atoms with Crippen molar-refractivity contribution in [1.82, 2.24) is 0 Å². The van der Waals surface area contributed by atoms with Crippen LogP contribution in [0.1, 0.15) is 21.2 Å². The SMILES string of the molecule is CC(=O)OC(=O)CCC=O.[H-].[Na+]. The van der Waals surface area contributed by atoms with Gasteiger partial charge in [-0.1, -0.05) is 0 Å². The van der Waals surface area contributed by atoms with Gasteiger partial charge in [0.25, 0.3) is 0 Å². The number of rotatable bonds is 3.